The Bertz CT molecular complexity index is 732. The molecule has 3 nitrogen and oxygen atoms in total. The van der Waals surface area contributed by atoms with E-state index >= 15 is 0 Å². The number of thiazole rings is 1. The zero-order valence-corrected chi connectivity index (χ0v) is 13.0. The third-order valence-corrected chi connectivity index (χ3v) is 5.50. The van der Waals surface area contributed by atoms with Crippen molar-refractivity contribution >= 4 is 17.1 Å². The van der Waals surface area contributed by atoms with Gasteiger partial charge in [-0.25, -0.2) is 4.98 Å². The molecule has 1 atom stereocenters. The zero-order chi connectivity index (χ0) is 14.6. The van der Waals surface area contributed by atoms with Crippen LogP contribution < -0.4 is 4.74 Å². The van der Waals surface area contributed by atoms with Crippen LogP contribution in [0.2, 0.25) is 0 Å². The number of fused-ring (bicyclic) bond motifs is 2. The van der Waals surface area contributed by atoms with Gasteiger partial charge in [-0.05, 0) is 17.9 Å². The van der Waals surface area contributed by atoms with Crippen LogP contribution in [0.1, 0.15) is 52.1 Å². The molecule has 1 aliphatic carbocycles. The van der Waals surface area contributed by atoms with Crippen molar-refractivity contribution in [3.8, 4) is 5.75 Å². The molecule has 2 heterocycles. The average molecular weight is 299 g/mol. The van der Waals surface area contributed by atoms with Gasteiger partial charge < -0.3 is 4.74 Å². The second-order valence-corrected chi connectivity index (χ2v) is 7.70. The molecule has 0 amide bonds. The molecule has 0 radical (unpaired) electrons. The van der Waals surface area contributed by atoms with Gasteiger partial charge in [-0.2, -0.15) is 0 Å². The first-order valence-electron chi connectivity index (χ1n) is 7.28. The maximum Gasteiger partial charge on any atom is 0.175 e. The fourth-order valence-corrected chi connectivity index (χ4v) is 4.38. The van der Waals surface area contributed by atoms with Crippen molar-refractivity contribution in [3.05, 3.63) is 45.4 Å². The lowest BCUT2D eigenvalue weighted by atomic mass is 9.78. The third-order valence-electron chi connectivity index (χ3n) is 4.25. The molecular formula is C17H17NO2S. The number of nitrogens with zero attached hydrogens (tertiary/aromatic N) is 1. The number of para-hydroxylation sites is 1. The fraction of sp³-hybridized carbons (Fsp3) is 0.412. The molecule has 0 saturated carbocycles. The SMILES string of the molecule is CC1(C)CC(=O)c2sc(C3COc4ccccc43)nc2C1. The Morgan fingerprint density at radius 1 is 1.29 bits per heavy atom. The van der Waals surface area contributed by atoms with Crippen LogP contribution in [-0.2, 0) is 6.42 Å². The van der Waals surface area contributed by atoms with E-state index in [1.807, 2.05) is 18.2 Å². The highest BCUT2D eigenvalue weighted by Crippen LogP contribution is 2.43. The first kappa shape index (κ1) is 13.0. The number of aromatic nitrogens is 1. The zero-order valence-electron chi connectivity index (χ0n) is 12.2. The number of carbonyl (C=O) groups is 1. The molecule has 2 aromatic rings. The number of carbonyl (C=O) groups excluding carboxylic acids is 1. The van der Waals surface area contributed by atoms with E-state index in [4.69, 9.17) is 9.72 Å². The largest absolute Gasteiger partial charge is 0.492 e. The summed E-state index contributed by atoms with van der Waals surface area (Å²) < 4.78 is 5.75. The summed E-state index contributed by atoms with van der Waals surface area (Å²) in [5, 5.41) is 1.02. The molecule has 0 bridgehead atoms. The Kier molecular flexibility index (Phi) is 2.73. The van der Waals surface area contributed by atoms with E-state index in [0.29, 0.717) is 13.0 Å². The Hall–Kier alpha value is -1.68. The molecule has 0 spiro atoms. The number of Topliss-reactive ketones (excluding diaryl/α,β-unsaturated/α-hetero) is 1. The van der Waals surface area contributed by atoms with Gasteiger partial charge in [0.2, 0.25) is 0 Å². The first-order valence-corrected chi connectivity index (χ1v) is 8.10. The average Bonchev–Trinajstić information content (AvgIpc) is 3.00. The topological polar surface area (TPSA) is 39.2 Å². The van der Waals surface area contributed by atoms with Crippen molar-refractivity contribution in [2.24, 2.45) is 5.41 Å². The lowest BCUT2D eigenvalue weighted by Crippen LogP contribution is -2.26. The predicted molar refractivity (Wildman–Crippen MR) is 82.3 cm³/mol. The molecule has 1 aromatic carbocycles. The maximum absolute atomic E-state index is 12.3. The minimum Gasteiger partial charge on any atom is -0.492 e. The van der Waals surface area contributed by atoms with Crippen LogP contribution in [-0.4, -0.2) is 17.4 Å². The second kappa shape index (κ2) is 4.41. The molecule has 108 valence electrons. The van der Waals surface area contributed by atoms with Crippen LogP contribution >= 0.6 is 11.3 Å². The molecule has 1 aliphatic heterocycles. The molecule has 0 N–H and O–H groups in total. The van der Waals surface area contributed by atoms with Crippen LogP contribution in [0.25, 0.3) is 0 Å². The number of ketones is 1. The van der Waals surface area contributed by atoms with Gasteiger partial charge in [-0.1, -0.05) is 32.0 Å². The quantitative estimate of drug-likeness (QED) is 0.803. The highest BCUT2D eigenvalue weighted by atomic mass is 32.1. The molecule has 21 heavy (non-hydrogen) atoms. The smallest absolute Gasteiger partial charge is 0.175 e. The Balaban J connectivity index is 1.75. The molecule has 0 fully saturated rings. The van der Waals surface area contributed by atoms with E-state index in [1.165, 1.54) is 5.56 Å². The summed E-state index contributed by atoms with van der Waals surface area (Å²) >= 11 is 1.56. The first-order chi connectivity index (χ1) is 10.0. The second-order valence-electron chi connectivity index (χ2n) is 6.67. The van der Waals surface area contributed by atoms with E-state index in [2.05, 4.69) is 19.9 Å². The van der Waals surface area contributed by atoms with E-state index < -0.39 is 0 Å². The number of hydrogen-bond acceptors (Lipinski definition) is 4. The lowest BCUT2D eigenvalue weighted by Gasteiger charge is -2.26. The Labute approximate surface area is 128 Å². The van der Waals surface area contributed by atoms with Crippen LogP contribution in [0.3, 0.4) is 0 Å². The number of ether oxygens (including phenoxy) is 1. The minimum atomic E-state index is 0.0273. The summed E-state index contributed by atoms with van der Waals surface area (Å²) in [7, 11) is 0. The monoisotopic (exact) mass is 299 g/mol. The van der Waals surface area contributed by atoms with Crippen molar-refractivity contribution in [3.63, 3.8) is 0 Å². The summed E-state index contributed by atoms with van der Waals surface area (Å²) in [5.41, 5.74) is 2.20. The maximum atomic E-state index is 12.3. The van der Waals surface area contributed by atoms with Crippen molar-refractivity contribution in [1.29, 1.82) is 0 Å². The van der Waals surface area contributed by atoms with Gasteiger partial charge in [-0.15, -0.1) is 11.3 Å². The summed E-state index contributed by atoms with van der Waals surface area (Å²) in [6.07, 6.45) is 1.51. The van der Waals surface area contributed by atoms with E-state index in [0.717, 1.165) is 27.7 Å². The van der Waals surface area contributed by atoms with Gasteiger partial charge in [0.15, 0.2) is 5.78 Å². The minimum absolute atomic E-state index is 0.0273. The van der Waals surface area contributed by atoms with Crippen LogP contribution in [0, 0.1) is 5.41 Å². The summed E-state index contributed by atoms with van der Waals surface area (Å²) in [6.45, 7) is 4.91. The van der Waals surface area contributed by atoms with Crippen molar-refractivity contribution in [1.82, 2.24) is 4.98 Å². The van der Waals surface area contributed by atoms with E-state index in [9.17, 15) is 4.79 Å². The van der Waals surface area contributed by atoms with Crippen LogP contribution in [0.5, 0.6) is 5.75 Å². The van der Waals surface area contributed by atoms with Gasteiger partial charge in [0.05, 0.1) is 16.5 Å². The Morgan fingerprint density at radius 2 is 2.10 bits per heavy atom. The van der Waals surface area contributed by atoms with Gasteiger partial charge in [0, 0.05) is 12.0 Å². The normalized spacial score (nSPS) is 22.6. The van der Waals surface area contributed by atoms with Crippen molar-refractivity contribution in [2.75, 3.05) is 6.61 Å². The van der Waals surface area contributed by atoms with Gasteiger partial charge >= 0.3 is 0 Å². The van der Waals surface area contributed by atoms with E-state index in [-0.39, 0.29) is 17.1 Å². The van der Waals surface area contributed by atoms with Gasteiger partial charge in [0.25, 0.3) is 0 Å². The lowest BCUT2D eigenvalue weighted by molar-refractivity contribution is 0.0916. The summed E-state index contributed by atoms with van der Waals surface area (Å²) in [4.78, 5) is 18.0. The van der Waals surface area contributed by atoms with Crippen molar-refractivity contribution in [2.45, 2.75) is 32.6 Å². The highest BCUT2D eigenvalue weighted by Gasteiger charge is 2.36. The third kappa shape index (κ3) is 2.09. The molecule has 0 saturated heterocycles. The number of benzene rings is 1. The van der Waals surface area contributed by atoms with Gasteiger partial charge in [-0.3, -0.25) is 4.79 Å². The molecule has 4 rings (SSSR count). The Morgan fingerprint density at radius 3 is 2.95 bits per heavy atom. The molecule has 2 aliphatic rings. The predicted octanol–water partition coefficient (Wildman–Crippen LogP) is 3.82. The van der Waals surface area contributed by atoms with Gasteiger partial charge in [0.1, 0.15) is 17.4 Å². The number of rotatable bonds is 1. The van der Waals surface area contributed by atoms with E-state index in [1.54, 1.807) is 11.3 Å². The van der Waals surface area contributed by atoms with Crippen LogP contribution in [0.15, 0.2) is 24.3 Å². The molecule has 1 aromatic heterocycles. The van der Waals surface area contributed by atoms with Crippen LogP contribution in [0.4, 0.5) is 0 Å². The molecule has 1 unspecified atom stereocenters. The van der Waals surface area contributed by atoms with Crippen molar-refractivity contribution < 1.29 is 9.53 Å². The highest BCUT2D eigenvalue weighted by molar-refractivity contribution is 7.14. The fourth-order valence-electron chi connectivity index (χ4n) is 3.25. The molecule has 4 heteroatoms. The summed E-state index contributed by atoms with van der Waals surface area (Å²) in [6, 6.07) is 8.11. The molecular weight excluding hydrogens is 282 g/mol. The standard InChI is InChI=1S/C17H17NO2S/c1-17(2)7-12-15(13(19)8-17)21-16(18-12)11-9-20-14-6-4-3-5-10(11)14/h3-6,11H,7-9H2,1-2H3. The number of hydrogen-bond donors (Lipinski definition) is 0. The summed E-state index contributed by atoms with van der Waals surface area (Å²) in [5.74, 6) is 1.37.